The first-order valence-electron chi connectivity index (χ1n) is 3.02. The predicted octanol–water partition coefficient (Wildman–Crippen LogP) is -1.64. The maximum Gasteiger partial charge on any atom is 1.00 e. The van der Waals surface area contributed by atoms with Gasteiger partial charge < -0.3 is 0 Å². The Kier molecular flexibility index (Phi) is 6.21. The summed E-state index contributed by atoms with van der Waals surface area (Å²) in [6, 6.07) is 0. The molecular weight excluding hydrogens is 293 g/mol. The van der Waals surface area contributed by atoms with Gasteiger partial charge in [0.15, 0.2) is 0 Å². The molecule has 0 atom stereocenters. The van der Waals surface area contributed by atoms with E-state index in [1.54, 1.807) is 0 Å². The number of hydrogen-bond donors (Lipinski definition) is 0. The molecule has 3 nitrogen and oxygen atoms in total. The average Bonchev–Trinajstić information content (AvgIpc) is 2.06. The van der Waals surface area contributed by atoms with Gasteiger partial charge >= 0.3 is 70.5 Å². The molecular formula is C5BF5N3Rb. The van der Waals surface area contributed by atoms with Gasteiger partial charge in [0.2, 0.25) is 0 Å². The summed E-state index contributed by atoms with van der Waals surface area (Å²) in [7, 11) is 0. The molecule has 0 radical (unpaired) electrons. The SMILES string of the molecule is N#C[B-](C#N)(C#N)C(F)(F)C(F)(F)F.[Rb+]. The van der Waals surface area contributed by atoms with Crippen molar-refractivity contribution in [3.63, 3.8) is 0 Å². The van der Waals surface area contributed by atoms with E-state index in [1.165, 1.54) is 0 Å². The van der Waals surface area contributed by atoms with Gasteiger partial charge in [-0.1, -0.05) is 0 Å². The van der Waals surface area contributed by atoms with Crippen molar-refractivity contribution in [1.29, 1.82) is 15.8 Å². The van der Waals surface area contributed by atoms with Crippen LogP contribution >= 0.6 is 0 Å². The molecule has 0 saturated carbocycles. The van der Waals surface area contributed by atoms with Crippen LogP contribution in [0.1, 0.15) is 0 Å². The molecule has 0 bridgehead atoms. The molecule has 0 saturated heterocycles. The minimum Gasteiger partial charge on any atom is -0.247 e. The second-order valence-electron chi connectivity index (χ2n) is 2.37. The van der Waals surface area contributed by atoms with Crippen molar-refractivity contribution in [3.05, 3.63) is 0 Å². The van der Waals surface area contributed by atoms with Gasteiger partial charge in [-0.25, -0.2) is 24.6 Å². The molecule has 0 amide bonds. The Morgan fingerprint density at radius 3 is 1.13 bits per heavy atom. The zero-order valence-electron chi connectivity index (χ0n) is 7.31. The zero-order valence-corrected chi connectivity index (χ0v) is 12.2. The monoisotopic (exact) mass is 293 g/mol. The number of alkyl halides is 5. The number of rotatable bonds is 1. The van der Waals surface area contributed by atoms with Crippen molar-refractivity contribution in [2.45, 2.75) is 12.0 Å². The van der Waals surface area contributed by atoms with E-state index in [-0.39, 0.29) is 58.2 Å². The van der Waals surface area contributed by atoms with Crippen LogP contribution in [-0.4, -0.2) is 18.1 Å². The topological polar surface area (TPSA) is 71.4 Å². The van der Waals surface area contributed by atoms with Crippen molar-refractivity contribution in [2.24, 2.45) is 0 Å². The number of halogens is 5. The summed E-state index contributed by atoms with van der Waals surface area (Å²) < 4.78 is 60.1. The molecule has 0 heterocycles. The minimum atomic E-state index is -6.09. The Bertz CT molecular complexity index is 323. The van der Waals surface area contributed by atoms with Gasteiger partial charge in [0.25, 0.3) is 5.82 Å². The Hall–Kier alpha value is -0.00987. The molecule has 0 unspecified atom stereocenters. The zero-order chi connectivity index (χ0) is 11.6. The van der Waals surface area contributed by atoms with E-state index in [0.29, 0.717) is 17.9 Å². The maximum atomic E-state index is 12.5. The van der Waals surface area contributed by atoms with Gasteiger partial charge in [0.1, 0.15) is 0 Å². The summed E-state index contributed by atoms with van der Waals surface area (Å²) in [5.74, 6) is -4.32. The van der Waals surface area contributed by atoms with Gasteiger partial charge in [-0.3, -0.25) is 0 Å². The van der Waals surface area contributed by atoms with E-state index < -0.39 is 18.1 Å². The quantitative estimate of drug-likeness (QED) is 0.430. The molecule has 0 aromatic carbocycles. The van der Waals surface area contributed by atoms with E-state index in [0.717, 1.165) is 0 Å². The average molecular weight is 293 g/mol. The Morgan fingerprint density at radius 1 is 0.800 bits per heavy atom. The Labute approximate surface area is 130 Å². The van der Waals surface area contributed by atoms with Gasteiger partial charge in [-0.05, 0) is 0 Å². The van der Waals surface area contributed by atoms with E-state index in [2.05, 4.69) is 0 Å². The molecule has 0 aromatic rings. The third kappa shape index (κ3) is 2.76. The number of nitrogens with zero attached hydrogens (tertiary/aromatic N) is 3. The molecule has 15 heavy (non-hydrogen) atoms. The molecule has 0 rings (SSSR count). The molecule has 0 spiro atoms. The minimum absolute atomic E-state index is 0. The number of hydrogen-bond acceptors (Lipinski definition) is 3. The summed E-state index contributed by atoms with van der Waals surface area (Å²) in [5.41, 5.74) is 0. The van der Waals surface area contributed by atoms with Crippen LogP contribution in [0.2, 0.25) is 0 Å². The fourth-order valence-electron chi connectivity index (χ4n) is 0.575. The van der Waals surface area contributed by atoms with Crippen LogP contribution in [0.4, 0.5) is 22.0 Å². The summed E-state index contributed by atoms with van der Waals surface area (Å²) >= 11 is 0. The van der Waals surface area contributed by atoms with Gasteiger partial charge in [0.05, 0.1) is 0 Å². The predicted molar refractivity (Wildman–Crippen MR) is 33.6 cm³/mol. The fourth-order valence-corrected chi connectivity index (χ4v) is 0.575. The van der Waals surface area contributed by atoms with Gasteiger partial charge in [-0.15, -0.1) is 17.9 Å². The Morgan fingerprint density at radius 2 is 1.07 bits per heavy atom. The van der Waals surface area contributed by atoms with Crippen molar-refractivity contribution in [1.82, 2.24) is 0 Å². The van der Waals surface area contributed by atoms with Crippen molar-refractivity contribution >= 4 is 6.15 Å². The molecule has 0 aromatic heterocycles. The second-order valence-corrected chi connectivity index (χ2v) is 2.37. The van der Waals surface area contributed by atoms with Crippen LogP contribution in [0, 0.1) is 33.7 Å². The van der Waals surface area contributed by atoms with Crippen LogP contribution in [0.3, 0.4) is 0 Å². The molecule has 10 heteroatoms. The molecule has 0 aliphatic carbocycles. The normalized spacial score (nSPS) is 11.6. The van der Waals surface area contributed by atoms with Crippen LogP contribution in [0.5, 0.6) is 0 Å². The first-order valence-corrected chi connectivity index (χ1v) is 3.02. The largest absolute Gasteiger partial charge is 1.00 e. The van der Waals surface area contributed by atoms with Crippen LogP contribution in [-0.2, 0) is 0 Å². The Balaban J connectivity index is 0. The van der Waals surface area contributed by atoms with Crippen LogP contribution in [0.15, 0.2) is 0 Å². The molecule has 0 aliphatic rings. The van der Waals surface area contributed by atoms with E-state index >= 15 is 0 Å². The van der Waals surface area contributed by atoms with E-state index in [4.69, 9.17) is 15.8 Å². The summed E-state index contributed by atoms with van der Waals surface area (Å²) in [6.45, 7) is 0. The standard InChI is InChI=1S/C5BF5N3.Rb/c7-4(8,5(9,10)11)6(1-12,2-13)3-14;/q-1;+1. The van der Waals surface area contributed by atoms with Crippen molar-refractivity contribution in [2.75, 3.05) is 0 Å². The molecule has 0 N–H and O–H groups in total. The van der Waals surface area contributed by atoms with E-state index in [9.17, 15) is 22.0 Å². The summed E-state index contributed by atoms with van der Waals surface area (Å²) in [6.07, 6.45) is -10.8. The molecule has 74 valence electrons. The molecule has 0 aliphatic heterocycles. The van der Waals surface area contributed by atoms with Gasteiger partial charge in [0, 0.05) is 0 Å². The molecule has 0 fully saturated rings. The van der Waals surface area contributed by atoms with Crippen molar-refractivity contribution in [3.8, 4) is 17.9 Å². The first-order chi connectivity index (χ1) is 6.18. The summed E-state index contributed by atoms with van der Waals surface area (Å²) in [5, 5.41) is 24.1. The second kappa shape index (κ2) is 5.36. The van der Waals surface area contributed by atoms with Crippen molar-refractivity contribution < 1.29 is 80.1 Å². The third-order valence-corrected chi connectivity index (χ3v) is 1.50. The summed E-state index contributed by atoms with van der Waals surface area (Å²) in [4.78, 5) is 0. The third-order valence-electron chi connectivity index (χ3n) is 1.50. The van der Waals surface area contributed by atoms with E-state index in [1.807, 2.05) is 0 Å². The van der Waals surface area contributed by atoms with Crippen LogP contribution < -0.4 is 58.2 Å². The maximum absolute atomic E-state index is 12.5. The van der Waals surface area contributed by atoms with Gasteiger partial charge in [-0.2, -0.15) is 13.2 Å². The number of nitriles is 3. The smallest absolute Gasteiger partial charge is 0.247 e. The van der Waals surface area contributed by atoms with Crippen LogP contribution in [0.25, 0.3) is 0 Å². The first kappa shape index (κ1) is 17.4. The fraction of sp³-hybridized carbons (Fsp3) is 0.400.